The van der Waals surface area contributed by atoms with Crippen LogP contribution < -0.4 is 10.1 Å². The van der Waals surface area contributed by atoms with Crippen LogP contribution in [0, 0.1) is 5.82 Å². The molecule has 2 N–H and O–H groups in total. The van der Waals surface area contributed by atoms with Crippen molar-refractivity contribution in [3.05, 3.63) is 40.1 Å². The number of rotatable bonds is 5. The fourth-order valence-electron chi connectivity index (χ4n) is 1.46. The number of aromatic amines is 1. The number of carbonyl (C=O) groups excluding carboxylic acids is 1. The van der Waals surface area contributed by atoms with E-state index in [9.17, 15) is 9.18 Å². The van der Waals surface area contributed by atoms with Gasteiger partial charge in [0.25, 0.3) is 5.91 Å². The molecule has 1 amide bonds. The lowest BCUT2D eigenvalue weighted by molar-refractivity contribution is -0.111. The summed E-state index contributed by atoms with van der Waals surface area (Å²) in [6.07, 6.45) is 2.57. The van der Waals surface area contributed by atoms with Gasteiger partial charge in [-0.2, -0.15) is 4.98 Å². The van der Waals surface area contributed by atoms with E-state index in [1.54, 1.807) is 19.1 Å². The molecule has 0 aliphatic carbocycles. The molecule has 0 radical (unpaired) electrons. The topological polar surface area (TPSA) is 79.9 Å². The highest BCUT2D eigenvalue weighted by atomic mass is 79.9. The second-order valence-electron chi connectivity index (χ2n) is 3.89. The van der Waals surface area contributed by atoms with Crippen LogP contribution in [0.1, 0.15) is 12.5 Å². The zero-order chi connectivity index (χ0) is 15.2. The Hall–Kier alpha value is -2.22. The zero-order valence-electron chi connectivity index (χ0n) is 11.1. The third-order valence-corrected chi connectivity index (χ3v) is 2.85. The first kappa shape index (κ1) is 15.2. The maximum Gasteiger partial charge on any atom is 0.337 e. The van der Waals surface area contributed by atoms with Gasteiger partial charge in [-0.1, -0.05) is 15.9 Å². The van der Waals surface area contributed by atoms with Gasteiger partial charge in [-0.3, -0.25) is 10.1 Å². The fourth-order valence-corrected chi connectivity index (χ4v) is 1.84. The number of hydrogen-bond acceptors (Lipinski definition) is 4. The van der Waals surface area contributed by atoms with E-state index in [0.717, 1.165) is 4.47 Å². The van der Waals surface area contributed by atoms with Crippen molar-refractivity contribution < 1.29 is 13.9 Å². The molecule has 21 heavy (non-hydrogen) atoms. The van der Waals surface area contributed by atoms with Gasteiger partial charge in [0.1, 0.15) is 5.82 Å². The molecule has 110 valence electrons. The van der Waals surface area contributed by atoms with E-state index < -0.39 is 11.7 Å². The highest BCUT2D eigenvalue weighted by molar-refractivity contribution is 9.10. The summed E-state index contributed by atoms with van der Waals surface area (Å²) in [6.45, 7) is 2.22. The summed E-state index contributed by atoms with van der Waals surface area (Å²) >= 11 is 3.24. The Labute approximate surface area is 128 Å². The van der Waals surface area contributed by atoms with Crippen LogP contribution in [-0.4, -0.2) is 27.7 Å². The van der Waals surface area contributed by atoms with Crippen molar-refractivity contribution in [2.45, 2.75) is 6.92 Å². The van der Waals surface area contributed by atoms with Gasteiger partial charge in [0.15, 0.2) is 0 Å². The van der Waals surface area contributed by atoms with Crippen molar-refractivity contribution in [1.82, 2.24) is 15.2 Å². The number of ether oxygens (including phenoxy) is 1. The third-order valence-electron chi connectivity index (χ3n) is 2.35. The van der Waals surface area contributed by atoms with Crippen LogP contribution in [-0.2, 0) is 4.79 Å². The Balaban J connectivity index is 2.00. The maximum atomic E-state index is 13.5. The summed E-state index contributed by atoms with van der Waals surface area (Å²) in [5.74, 6) is -0.725. The first-order valence-electron chi connectivity index (χ1n) is 6.08. The monoisotopic (exact) mass is 354 g/mol. The van der Waals surface area contributed by atoms with E-state index in [-0.39, 0.29) is 12.0 Å². The number of nitrogens with zero attached hydrogens (tertiary/aromatic N) is 2. The molecule has 0 spiro atoms. The van der Waals surface area contributed by atoms with Crippen LogP contribution in [0.5, 0.6) is 6.01 Å². The predicted molar refractivity (Wildman–Crippen MR) is 79.3 cm³/mol. The summed E-state index contributed by atoms with van der Waals surface area (Å²) < 4.78 is 19.3. The number of amides is 1. The van der Waals surface area contributed by atoms with E-state index in [1.165, 1.54) is 18.2 Å². The summed E-state index contributed by atoms with van der Waals surface area (Å²) in [5, 5.41) is 8.70. The predicted octanol–water partition coefficient (Wildman–Crippen LogP) is 2.76. The summed E-state index contributed by atoms with van der Waals surface area (Å²) in [4.78, 5) is 15.6. The molecule has 1 aromatic heterocycles. The van der Waals surface area contributed by atoms with Crippen molar-refractivity contribution in [3.63, 3.8) is 0 Å². The maximum absolute atomic E-state index is 13.5. The van der Waals surface area contributed by atoms with Gasteiger partial charge < -0.3 is 4.74 Å². The standard InChI is InChI=1S/C13H12BrFN4O2/c1-2-21-13-17-12(18-19-13)16-11(20)6-3-8-7-9(14)4-5-10(8)15/h3-7H,2H2,1H3,(H2,16,17,18,19,20)/b6-3+. The van der Waals surface area contributed by atoms with Crippen LogP contribution in [0.3, 0.4) is 0 Å². The van der Waals surface area contributed by atoms with Crippen molar-refractivity contribution in [3.8, 4) is 6.01 Å². The minimum absolute atomic E-state index is 0.148. The molecule has 0 saturated heterocycles. The molecule has 0 fully saturated rings. The molecule has 2 aromatic rings. The van der Waals surface area contributed by atoms with Gasteiger partial charge in [0, 0.05) is 16.1 Å². The first-order chi connectivity index (χ1) is 10.1. The Morgan fingerprint density at radius 3 is 3.14 bits per heavy atom. The van der Waals surface area contributed by atoms with Crippen LogP contribution in [0.15, 0.2) is 28.7 Å². The van der Waals surface area contributed by atoms with Gasteiger partial charge >= 0.3 is 6.01 Å². The zero-order valence-corrected chi connectivity index (χ0v) is 12.6. The molecule has 0 bridgehead atoms. The fraction of sp³-hybridized carbons (Fsp3) is 0.154. The van der Waals surface area contributed by atoms with Crippen LogP contribution >= 0.6 is 15.9 Å². The normalized spacial score (nSPS) is 10.8. The number of carbonyl (C=O) groups is 1. The lowest BCUT2D eigenvalue weighted by atomic mass is 10.2. The minimum Gasteiger partial charge on any atom is -0.463 e. The molecule has 0 aliphatic heterocycles. The molecule has 0 aliphatic rings. The number of anilines is 1. The third kappa shape index (κ3) is 4.38. The molecule has 2 rings (SSSR count). The lowest BCUT2D eigenvalue weighted by Crippen LogP contribution is -2.09. The highest BCUT2D eigenvalue weighted by Crippen LogP contribution is 2.16. The van der Waals surface area contributed by atoms with Gasteiger partial charge in [-0.05, 0) is 31.2 Å². The first-order valence-corrected chi connectivity index (χ1v) is 6.87. The Bertz CT molecular complexity index is 672. The molecule has 1 heterocycles. The Morgan fingerprint density at radius 2 is 2.38 bits per heavy atom. The quantitative estimate of drug-likeness (QED) is 0.809. The second-order valence-corrected chi connectivity index (χ2v) is 4.80. The van der Waals surface area contributed by atoms with Gasteiger partial charge in [-0.15, -0.1) is 5.10 Å². The largest absolute Gasteiger partial charge is 0.463 e. The van der Waals surface area contributed by atoms with Crippen LogP contribution in [0.25, 0.3) is 6.08 Å². The van der Waals surface area contributed by atoms with Crippen LogP contribution in [0.2, 0.25) is 0 Å². The number of H-pyrrole nitrogens is 1. The molecule has 0 atom stereocenters. The second kappa shape index (κ2) is 6.98. The van der Waals surface area contributed by atoms with Crippen molar-refractivity contribution >= 4 is 33.9 Å². The van der Waals surface area contributed by atoms with Crippen LogP contribution in [0.4, 0.5) is 10.3 Å². The number of benzene rings is 1. The van der Waals surface area contributed by atoms with Crippen molar-refractivity contribution in [2.75, 3.05) is 11.9 Å². The van der Waals surface area contributed by atoms with E-state index in [2.05, 4.69) is 36.4 Å². The van der Waals surface area contributed by atoms with E-state index in [0.29, 0.717) is 12.2 Å². The molecule has 0 unspecified atom stereocenters. The average Bonchev–Trinajstić information content (AvgIpc) is 2.87. The van der Waals surface area contributed by atoms with Gasteiger partial charge in [-0.25, -0.2) is 9.49 Å². The van der Waals surface area contributed by atoms with Crippen molar-refractivity contribution in [1.29, 1.82) is 0 Å². The SMILES string of the molecule is CCOc1n[nH]c(NC(=O)/C=C/c2cc(Br)ccc2F)n1. The number of halogens is 2. The van der Waals surface area contributed by atoms with Gasteiger partial charge in [0.2, 0.25) is 5.95 Å². The Kier molecular flexibility index (Phi) is 5.04. The van der Waals surface area contributed by atoms with E-state index >= 15 is 0 Å². The average molecular weight is 355 g/mol. The van der Waals surface area contributed by atoms with Crippen molar-refractivity contribution in [2.24, 2.45) is 0 Å². The molecule has 0 saturated carbocycles. The number of aromatic nitrogens is 3. The van der Waals surface area contributed by atoms with E-state index in [1.807, 2.05) is 0 Å². The molecular weight excluding hydrogens is 343 g/mol. The lowest BCUT2D eigenvalue weighted by Gasteiger charge is -1.98. The smallest absolute Gasteiger partial charge is 0.337 e. The number of nitrogens with one attached hydrogen (secondary N) is 2. The molecular formula is C13H12BrFN4O2. The summed E-state index contributed by atoms with van der Waals surface area (Å²) in [6, 6.07) is 4.61. The minimum atomic E-state index is -0.464. The molecule has 8 heteroatoms. The number of hydrogen-bond donors (Lipinski definition) is 2. The highest BCUT2D eigenvalue weighted by Gasteiger charge is 2.06. The summed E-state index contributed by atoms with van der Waals surface area (Å²) in [7, 11) is 0. The Morgan fingerprint density at radius 1 is 1.57 bits per heavy atom. The summed E-state index contributed by atoms with van der Waals surface area (Å²) in [5.41, 5.74) is 0.298. The van der Waals surface area contributed by atoms with E-state index in [4.69, 9.17) is 4.74 Å². The molecule has 6 nitrogen and oxygen atoms in total. The molecule has 1 aromatic carbocycles. The van der Waals surface area contributed by atoms with Gasteiger partial charge in [0.05, 0.1) is 6.61 Å².